The van der Waals surface area contributed by atoms with Crippen molar-refractivity contribution in [2.24, 2.45) is 0 Å². The van der Waals surface area contributed by atoms with E-state index < -0.39 is 5.97 Å². The van der Waals surface area contributed by atoms with E-state index in [0.29, 0.717) is 16.7 Å². The van der Waals surface area contributed by atoms with Gasteiger partial charge in [0.15, 0.2) is 5.78 Å². The third-order valence-electron chi connectivity index (χ3n) is 4.40. The van der Waals surface area contributed by atoms with E-state index in [-0.39, 0.29) is 25.2 Å². The van der Waals surface area contributed by atoms with Crippen molar-refractivity contribution in [2.45, 2.75) is 19.4 Å². The quantitative estimate of drug-likeness (QED) is 0.437. The summed E-state index contributed by atoms with van der Waals surface area (Å²) in [6, 6.07) is 26.3. The number of nitriles is 1. The van der Waals surface area contributed by atoms with Crippen LogP contribution in [0, 0.1) is 11.3 Å². The summed E-state index contributed by atoms with van der Waals surface area (Å²) in [6.07, 6.45) is 0.0946. The van der Waals surface area contributed by atoms with Crippen molar-refractivity contribution >= 4 is 11.8 Å². The molecule has 0 saturated heterocycles. The first-order valence-electron chi connectivity index (χ1n) is 8.99. The first-order valence-corrected chi connectivity index (χ1v) is 8.99. The molecule has 0 spiro atoms. The summed E-state index contributed by atoms with van der Waals surface area (Å²) >= 11 is 0. The summed E-state index contributed by atoms with van der Waals surface area (Å²) in [5.74, 6) is -0.559. The minimum absolute atomic E-state index is 0.00793. The van der Waals surface area contributed by atoms with Gasteiger partial charge in [-0.15, -0.1) is 0 Å². The zero-order valence-corrected chi connectivity index (χ0v) is 15.3. The first kappa shape index (κ1) is 19.1. The Morgan fingerprint density at radius 3 is 2.14 bits per heavy atom. The first-order chi connectivity index (χ1) is 13.7. The SMILES string of the molecule is N#Cc1ccccc1COC(=O)CCC(=O)c1ccc(-c2ccccc2)cc1. The highest BCUT2D eigenvalue weighted by Crippen LogP contribution is 2.20. The molecule has 0 bridgehead atoms. The van der Waals surface area contributed by atoms with Crippen molar-refractivity contribution in [3.05, 3.63) is 95.6 Å². The smallest absolute Gasteiger partial charge is 0.306 e. The van der Waals surface area contributed by atoms with Gasteiger partial charge >= 0.3 is 5.97 Å². The molecule has 0 N–H and O–H groups in total. The van der Waals surface area contributed by atoms with E-state index in [0.717, 1.165) is 11.1 Å². The van der Waals surface area contributed by atoms with Gasteiger partial charge in [-0.1, -0.05) is 72.8 Å². The molecule has 4 nitrogen and oxygen atoms in total. The van der Waals surface area contributed by atoms with Crippen LogP contribution in [0.3, 0.4) is 0 Å². The summed E-state index contributed by atoms with van der Waals surface area (Å²) < 4.78 is 5.19. The molecule has 0 saturated carbocycles. The molecule has 3 aromatic carbocycles. The van der Waals surface area contributed by atoms with E-state index in [4.69, 9.17) is 10.00 Å². The number of carbonyl (C=O) groups is 2. The van der Waals surface area contributed by atoms with Gasteiger partial charge in [0.1, 0.15) is 6.61 Å². The number of ketones is 1. The molecule has 0 fully saturated rings. The third kappa shape index (κ3) is 4.93. The Hall–Kier alpha value is -3.71. The molecule has 3 rings (SSSR count). The summed E-state index contributed by atoms with van der Waals surface area (Å²) in [5.41, 5.74) is 3.82. The molecule has 3 aromatic rings. The van der Waals surface area contributed by atoms with Crippen LogP contribution in [0.2, 0.25) is 0 Å². The van der Waals surface area contributed by atoms with Crippen molar-refractivity contribution in [1.82, 2.24) is 0 Å². The lowest BCUT2D eigenvalue weighted by atomic mass is 10.0. The van der Waals surface area contributed by atoms with Gasteiger partial charge in [-0.25, -0.2) is 0 Å². The average Bonchev–Trinajstić information content (AvgIpc) is 2.77. The highest BCUT2D eigenvalue weighted by molar-refractivity contribution is 5.97. The number of rotatable bonds is 7. The number of ether oxygens (including phenoxy) is 1. The molecule has 0 atom stereocenters. The van der Waals surface area contributed by atoms with E-state index in [1.54, 1.807) is 36.4 Å². The maximum Gasteiger partial charge on any atom is 0.306 e. The van der Waals surface area contributed by atoms with Gasteiger partial charge in [-0.05, 0) is 17.2 Å². The van der Waals surface area contributed by atoms with Gasteiger partial charge in [0, 0.05) is 17.5 Å². The Bertz CT molecular complexity index is 1000. The molecule has 0 unspecified atom stereocenters. The molecular weight excluding hydrogens is 350 g/mol. The van der Waals surface area contributed by atoms with E-state index in [1.807, 2.05) is 42.5 Å². The second-order valence-corrected chi connectivity index (χ2v) is 6.30. The predicted molar refractivity (Wildman–Crippen MR) is 106 cm³/mol. The molecule has 28 heavy (non-hydrogen) atoms. The molecule has 0 aliphatic carbocycles. The Labute approximate surface area is 164 Å². The van der Waals surface area contributed by atoms with Gasteiger partial charge in [0.25, 0.3) is 0 Å². The number of hydrogen-bond acceptors (Lipinski definition) is 4. The molecule has 138 valence electrons. The highest BCUT2D eigenvalue weighted by Gasteiger charge is 2.11. The fourth-order valence-electron chi connectivity index (χ4n) is 2.82. The summed E-state index contributed by atoms with van der Waals surface area (Å²) in [4.78, 5) is 24.3. The molecule has 4 heteroatoms. The minimum atomic E-state index is -0.456. The van der Waals surface area contributed by atoms with Crippen LogP contribution >= 0.6 is 0 Å². The zero-order valence-electron chi connectivity index (χ0n) is 15.3. The number of esters is 1. The van der Waals surface area contributed by atoms with Gasteiger partial charge in [-0.2, -0.15) is 5.26 Å². The Balaban J connectivity index is 1.51. The van der Waals surface area contributed by atoms with E-state index in [9.17, 15) is 9.59 Å². The number of benzene rings is 3. The van der Waals surface area contributed by atoms with Gasteiger partial charge in [-0.3, -0.25) is 9.59 Å². The van der Waals surface area contributed by atoms with E-state index in [1.165, 1.54) is 0 Å². The summed E-state index contributed by atoms with van der Waals surface area (Å²) in [5, 5.41) is 9.04. The van der Waals surface area contributed by atoms with E-state index in [2.05, 4.69) is 6.07 Å². The maximum atomic E-state index is 12.3. The number of Topliss-reactive ketones (excluding diaryl/α,β-unsaturated/α-hetero) is 1. The van der Waals surface area contributed by atoms with Gasteiger partial charge in [0.05, 0.1) is 18.1 Å². The van der Waals surface area contributed by atoms with Crippen LogP contribution in [0.15, 0.2) is 78.9 Å². The van der Waals surface area contributed by atoms with Crippen LogP contribution in [-0.4, -0.2) is 11.8 Å². The normalized spacial score (nSPS) is 10.1. The lowest BCUT2D eigenvalue weighted by Crippen LogP contribution is -2.09. The van der Waals surface area contributed by atoms with Crippen molar-refractivity contribution in [1.29, 1.82) is 5.26 Å². The number of hydrogen-bond donors (Lipinski definition) is 0. The molecule has 0 aliphatic rings. The molecular formula is C24H19NO3. The Morgan fingerprint density at radius 1 is 0.786 bits per heavy atom. The second kappa shape index (κ2) is 9.29. The van der Waals surface area contributed by atoms with Crippen LogP contribution < -0.4 is 0 Å². The van der Waals surface area contributed by atoms with Crippen molar-refractivity contribution < 1.29 is 14.3 Å². The Morgan fingerprint density at radius 2 is 1.43 bits per heavy atom. The topological polar surface area (TPSA) is 67.2 Å². The molecule has 0 aromatic heterocycles. The van der Waals surface area contributed by atoms with Crippen molar-refractivity contribution in [3.8, 4) is 17.2 Å². The summed E-state index contributed by atoms with van der Waals surface area (Å²) in [7, 11) is 0. The highest BCUT2D eigenvalue weighted by atomic mass is 16.5. The molecule has 0 radical (unpaired) electrons. The second-order valence-electron chi connectivity index (χ2n) is 6.30. The van der Waals surface area contributed by atoms with Gasteiger partial charge in [0.2, 0.25) is 0 Å². The molecule has 0 amide bonds. The molecule has 0 aliphatic heterocycles. The lowest BCUT2D eigenvalue weighted by Gasteiger charge is -2.07. The van der Waals surface area contributed by atoms with Crippen LogP contribution in [0.5, 0.6) is 0 Å². The largest absolute Gasteiger partial charge is 0.461 e. The predicted octanol–water partition coefficient (Wildman–Crippen LogP) is 4.93. The lowest BCUT2D eigenvalue weighted by molar-refractivity contribution is -0.144. The van der Waals surface area contributed by atoms with Crippen molar-refractivity contribution in [3.63, 3.8) is 0 Å². The zero-order chi connectivity index (χ0) is 19.8. The maximum absolute atomic E-state index is 12.3. The fraction of sp³-hybridized carbons (Fsp3) is 0.125. The van der Waals surface area contributed by atoms with Gasteiger partial charge < -0.3 is 4.74 Å². The van der Waals surface area contributed by atoms with Crippen LogP contribution in [0.4, 0.5) is 0 Å². The van der Waals surface area contributed by atoms with Crippen molar-refractivity contribution in [2.75, 3.05) is 0 Å². The van der Waals surface area contributed by atoms with Crippen LogP contribution in [0.25, 0.3) is 11.1 Å². The molecule has 0 heterocycles. The number of nitrogens with zero attached hydrogens (tertiary/aromatic N) is 1. The Kier molecular flexibility index (Phi) is 6.33. The van der Waals surface area contributed by atoms with Crippen LogP contribution in [-0.2, 0) is 16.1 Å². The fourth-order valence-corrected chi connectivity index (χ4v) is 2.82. The van der Waals surface area contributed by atoms with Crippen LogP contribution in [0.1, 0.15) is 34.3 Å². The number of carbonyl (C=O) groups excluding carboxylic acids is 2. The average molecular weight is 369 g/mol. The standard InChI is InChI=1S/C24H19NO3/c25-16-21-8-4-5-9-22(21)17-28-24(27)15-14-23(26)20-12-10-19(11-13-20)18-6-2-1-3-7-18/h1-13H,14-15,17H2. The van der Waals surface area contributed by atoms with E-state index >= 15 is 0 Å². The minimum Gasteiger partial charge on any atom is -0.461 e. The third-order valence-corrected chi connectivity index (χ3v) is 4.40. The monoisotopic (exact) mass is 369 g/mol. The summed E-state index contributed by atoms with van der Waals surface area (Å²) in [6.45, 7) is 0.0303.